The van der Waals surface area contributed by atoms with Gasteiger partial charge in [0.15, 0.2) is 0 Å². The molecule has 126 valence electrons. The zero-order chi connectivity index (χ0) is 17.3. The van der Waals surface area contributed by atoms with Crippen LogP contribution in [-0.2, 0) is 23.5 Å². The highest BCUT2D eigenvalue weighted by atomic mass is 32.2. The van der Waals surface area contributed by atoms with Gasteiger partial charge in [0, 0.05) is 30.7 Å². The minimum absolute atomic E-state index is 0.361. The molecule has 0 aliphatic heterocycles. The highest BCUT2D eigenvalue weighted by molar-refractivity contribution is 7.89. The van der Waals surface area contributed by atoms with Crippen molar-refractivity contribution < 1.29 is 8.42 Å². The fourth-order valence-corrected chi connectivity index (χ4v) is 4.38. The number of aryl methyl sites for hydroxylation is 3. The molecule has 5 heteroatoms. The van der Waals surface area contributed by atoms with E-state index in [9.17, 15) is 8.42 Å². The van der Waals surface area contributed by atoms with E-state index in [-0.39, 0.29) is 0 Å². The topological polar surface area (TPSA) is 51.1 Å². The van der Waals surface area contributed by atoms with Crippen LogP contribution in [0, 0.1) is 13.8 Å². The number of rotatable bonds is 5. The number of nitrogens with zero attached hydrogens (tertiary/aromatic N) is 1. The molecule has 1 N–H and O–H groups in total. The van der Waals surface area contributed by atoms with E-state index in [1.54, 1.807) is 6.07 Å². The molecule has 1 aromatic heterocycles. The number of fused-ring (bicyclic) bond motifs is 1. The minimum Gasteiger partial charge on any atom is -0.350 e. The van der Waals surface area contributed by atoms with Crippen LogP contribution in [0.4, 0.5) is 0 Å². The lowest BCUT2D eigenvalue weighted by Gasteiger charge is -2.10. The summed E-state index contributed by atoms with van der Waals surface area (Å²) >= 11 is 0. The van der Waals surface area contributed by atoms with Gasteiger partial charge < -0.3 is 4.57 Å². The van der Waals surface area contributed by atoms with Gasteiger partial charge in [-0.15, -0.1) is 0 Å². The van der Waals surface area contributed by atoms with Crippen molar-refractivity contribution >= 4 is 20.9 Å². The summed E-state index contributed by atoms with van der Waals surface area (Å²) in [6.45, 7) is 4.09. The number of hydrogen-bond acceptors (Lipinski definition) is 2. The number of nitrogens with one attached hydrogen (secondary N) is 1. The Morgan fingerprint density at radius 1 is 1.08 bits per heavy atom. The van der Waals surface area contributed by atoms with Crippen molar-refractivity contribution in [3.63, 3.8) is 0 Å². The average Bonchev–Trinajstić information content (AvgIpc) is 2.86. The van der Waals surface area contributed by atoms with Crippen molar-refractivity contribution in [3.05, 3.63) is 65.4 Å². The zero-order valence-corrected chi connectivity index (χ0v) is 15.0. The van der Waals surface area contributed by atoms with Gasteiger partial charge in [-0.3, -0.25) is 0 Å². The van der Waals surface area contributed by atoms with Crippen LogP contribution in [-0.4, -0.2) is 19.5 Å². The first-order valence-corrected chi connectivity index (χ1v) is 9.46. The van der Waals surface area contributed by atoms with Gasteiger partial charge in [0.1, 0.15) is 0 Å². The Labute approximate surface area is 143 Å². The predicted octanol–water partition coefficient (Wildman–Crippen LogP) is 3.32. The first kappa shape index (κ1) is 16.7. The molecule has 1 heterocycles. The van der Waals surface area contributed by atoms with Crippen molar-refractivity contribution in [1.82, 2.24) is 9.29 Å². The molecule has 2 aromatic carbocycles. The first-order valence-electron chi connectivity index (χ1n) is 7.98. The molecule has 24 heavy (non-hydrogen) atoms. The second-order valence-electron chi connectivity index (χ2n) is 6.20. The van der Waals surface area contributed by atoms with E-state index in [2.05, 4.69) is 27.6 Å². The molecule has 4 nitrogen and oxygen atoms in total. The molecule has 0 aliphatic rings. The van der Waals surface area contributed by atoms with Crippen LogP contribution in [0.2, 0.25) is 0 Å². The van der Waals surface area contributed by atoms with Gasteiger partial charge in [-0.05, 0) is 49.1 Å². The summed E-state index contributed by atoms with van der Waals surface area (Å²) in [5.41, 5.74) is 4.01. The van der Waals surface area contributed by atoms with E-state index >= 15 is 0 Å². The van der Waals surface area contributed by atoms with Gasteiger partial charge >= 0.3 is 0 Å². The van der Waals surface area contributed by atoms with Gasteiger partial charge in [-0.25, -0.2) is 13.1 Å². The molecule has 0 atom stereocenters. The third-order valence-corrected chi connectivity index (χ3v) is 5.90. The standard InChI is InChI=1S/C19H22N2O2S/c1-14-8-9-15(2)19(12-14)24(22,23)20-11-10-16-13-21(3)18-7-5-4-6-17(16)18/h4-9,12-13,20H,10-11H2,1-3H3. The molecule has 0 aliphatic carbocycles. The molecule has 0 amide bonds. The first-order chi connectivity index (χ1) is 11.4. The predicted molar refractivity (Wildman–Crippen MR) is 97.7 cm³/mol. The lowest BCUT2D eigenvalue weighted by Crippen LogP contribution is -2.26. The molecule has 0 fully saturated rings. The van der Waals surface area contributed by atoms with Gasteiger partial charge in [0.05, 0.1) is 4.90 Å². The summed E-state index contributed by atoms with van der Waals surface area (Å²) < 4.78 is 29.9. The third-order valence-electron chi connectivity index (χ3n) is 4.30. The Balaban J connectivity index is 1.77. The summed E-state index contributed by atoms with van der Waals surface area (Å²) in [5, 5.41) is 1.17. The fourth-order valence-electron chi connectivity index (χ4n) is 3.02. The molecular weight excluding hydrogens is 320 g/mol. The summed E-state index contributed by atoms with van der Waals surface area (Å²) in [7, 11) is -1.48. The van der Waals surface area contributed by atoms with E-state index in [1.807, 2.05) is 45.2 Å². The van der Waals surface area contributed by atoms with Crippen LogP contribution >= 0.6 is 0 Å². The molecule has 0 saturated carbocycles. The van der Waals surface area contributed by atoms with Gasteiger partial charge in [-0.1, -0.05) is 30.3 Å². The van der Waals surface area contributed by atoms with Crippen molar-refractivity contribution in [1.29, 1.82) is 0 Å². The molecule has 0 saturated heterocycles. The average molecular weight is 342 g/mol. The Bertz CT molecular complexity index is 988. The second-order valence-corrected chi connectivity index (χ2v) is 7.93. The SMILES string of the molecule is Cc1ccc(C)c(S(=O)(=O)NCCc2cn(C)c3ccccc23)c1. The van der Waals surface area contributed by atoms with Crippen LogP contribution in [0.1, 0.15) is 16.7 Å². The number of hydrogen-bond donors (Lipinski definition) is 1. The van der Waals surface area contributed by atoms with Gasteiger partial charge in [0.25, 0.3) is 0 Å². The van der Waals surface area contributed by atoms with Crippen LogP contribution in [0.5, 0.6) is 0 Å². The highest BCUT2D eigenvalue weighted by Crippen LogP contribution is 2.21. The molecule has 0 bridgehead atoms. The minimum atomic E-state index is -3.49. The Morgan fingerprint density at radius 3 is 2.62 bits per heavy atom. The molecule has 3 aromatic rings. The Morgan fingerprint density at radius 2 is 1.83 bits per heavy atom. The van der Waals surface area contributed by atoms with Gasteiger partial charge in [-0.2, -0.15) is 0 Å². The number of sulfonamides is 1. The molecule has 3 rings (SSSR count). The van der Waals surface area contributed by atoms with Crippen molar-refractivity contribution in [2.24, 2.45) is 7.05 Å². The number of aromatic nitrogens is 1. The summed E-state index contributed by atoms with van der Waals surface area (Å²) in [6, 6.07) is 13.6. The van der Waals surface area contributed by atoms with E-state index in [4.69, 9.17) is 0 Å². The Kier molecular flexibility index (Phi) is 4.47. The molecule has 0 unspecified atom stereocenters. The molecule has 0 radical (unpaired) electrons. The number of para-hydroxylation sites is 1. The summed E-state index contributed by atoms with van der Waals surface area (Å²) in [6.07, 6.45) is 2.72. The summed E-state index contributed by atoms with van der Waals surface area (Å²) in [5.74, 6) is 0. The maximum absolute atomic E-state index is 12.5. The lowest BCUT2D eigenvalue weighted by molar-refractivity contribution is 0.581. The molecule has 0 spiro atoms. The normalized spacial score (nSPS) is 12.0. The van der Waals surface area contributed by atoms with Gasteiger partial charge in [0.2, 0.25) is 10.0 Å². The van der Waals surface area contributed by atoms with E-state index < -0.39 is 10.0 Å². The van der Waals surface area contributed by atoms with Crippen LogP contribution in [0.3, 0.4) is 0 Å². The van der Waals surface area contributed by atoms with Crippen LogP contribution in [0.15, 0.2) is 53.6 Å². The number of benzene rings is 2. The Hall–Kier alpha value is -2.11. The van der Waals surface area contributed by atoms with E-state index in [0.29, 0.717) is 17.9 Å². The maximum atomic E-state index is 12.5. The quantitative estimate of drug-likeness (QED) is 0.773. The zero-order valence-electron chi connectivity index (χ0n) is 14.2. The molecular formula is C19H22N2O2S. The van der Waals surface area contributed by atoms with Crippen molar-refractivity contribution in [3.8, 4) is 0 Å². The maximum Gasteiger partial charge on any atom is 0.240 e. The highest BCUT2D eigenvalue weighted by Gasteiger charge is 2.16. The van der Waals surface area contributed by atoms with E-state index in [1.165, 1.54) is 5.39 Å². The fraction of sp³-hybridized carbons (Fsp3) is 0.263. The largest absolute Gasteiger partial charge is 0.350 e. The van der Waals surface area contributed by atoms with Crippen LogP contribution < -0.4 is 4.72 Å². The van der Waals surface area contributed by atoms with Crippen molar-refractivity contribution in [2.75, 3.05) is 6.54 Å². The second kappa shape index (κ2) is 6.42. The summed E-state index contributed by atoms with van der Waals surface area (Å²) in [4.78, 5) is 0.361. The monoisotopic (exact) mass is 342 g/mol. The van der Waals surface area contributed by atoms with Crippen molar-refractivity contribution in [2.45, 2.75) is 25.2 Å². The van der Waals surface area contributed by atoms with E-state index in [0.717, 1.165) is 22.2 Å². The lowest BCUT2D eigenvalue weighted by atomic mass is 10.1. The third kappa shape index (κ3) is 3.23. The van der Waals surface area contributed by atoms with Crippen LogP contribution in [0.25, 0.3) is 10.9 Å². The smallest absolute Gasteiger partial charge is 0.240 e.